The quantitative estimate of drug-likeness (QED) is 0.668. The van der Waals surface area contributed by atoms with Crippen LogP contribution in [0.15, 0.2) is 48.5 Å². The number of ether oxygens (including phenoxy) is 2. The number of benzene rings is 2. The van der Waals surface area contributed by atoms with Crippen molar-refractivity contribution in [2.75, 3.05) is 18.5 Å². The van der Waals surface area contributed by atoms with E-state index in [2.05, 4.69) is 20.1 Å². The minimum atomic E-state index is -3.11. The molecule has 2 amide bonds. The monoisotopic (exact) mass is 396 g/mol. The second-order valence-corrected chi connectivity index (χ2v) is 5.27. The number of anilines is 1. The molecule has 0 aliphatic carbocycles. The molecule has 7 nitrogen and oxygen atoms in total. The highest BCUT2D eigenvalue weighted by molar-refractivity contribution is 5.98. The Hall–Kier alpha value is -3.56. The maximum Gasteiger partial charge on any atom is 0.387 e. The lowest BCUT2D eigenvalue weighted by Gasteiger charge is -2.11. The van der Waals surface area contributed by atoms with Gasteiger partial charge >= 0.3 is 12.6 Å². The largest absolute Gasteiger partial charge is 0.454 e. The Bertz CT molecular complexity index is 843. The van der Waals surface area contributed by atoms with E-state index >= 15 is 0 Å². The molecular weight excluding hydrogens is 381 g/mol. The van der Waals surface area contributed by atoms with E-state index in [9.17, 15) is 27.6 Å². The molecule has 0 fully saturated rings. The van der Waals surface area contributed by atoms with Crippen molar-refractivity contribution in [3.05, 3.63) is 59.9 Å². The Morgan fingerprint density at radius 1 is 1.00 bits per heavy atom. The van der Waals surface area contributed by atoms with Crippen molar-refractivity contribution in [2.24, 2.45) is 0 Å². The van der Waals surface area contributed by atoms with Gasteiger partial charge in [0.05, 0.1) is 5.56 Å². The first-order valence-electron chi connectivity index (χ1n) is 7.88. The van der Waals surface area contributed by atoms with E-state index in [1.165, 1.54) is 36.4 Å². The third-order valence-corrected chi connectivity index (χ3v) is 3.23. The topological polar surface area (TPSA) is 93.7 Å². The summed E-state index contributed by atoms with van der Waals surface area (Å²) in [5, 5.41) is 4.56. The summed E-state index contributed by atoms with van der Waals surface area (Å²) in [7, 11) is 0. The number of hydrogen-bond acceptors (Lipinski definition) is 5. The van der Waals surface area contributed by atoms with Gasteiger partial charge in [-0.05, 0) is 36.4 Å². The number of hydrogen-bond donors (Lipinski definition) is 2. The Morgan fingerprint density at radius 3 is 2.36 bits per heavy atom. The number of esters is 1. The van der Waals surface area contributed by atoms with Gasteiger partial charge in [-0.1, -0.05) is 12.1 Å². The molecule has 2 aromatic carbocycles. The Morgan fingerprint density at radius 2 is 1.68 bits per heavy atom. The molecule has 2 rings (SSSR count). The van der Waals surface area contributed by atoms with Crippen LogP contribution >= 0.6 is 0 Å². The fraction of sp³-hybridized carbons (Fsp3) is 0.167. The summed E-state index contributed by atoms with van der Waals surface area (Å²) in [6.07, 6.45) is 0. The highest BCUT2D eigenvalue weighted by atomic mass is 19.3. The van der Waals surface area contributed by atoms with Crippen LogP contribution in [0.25, 0.3) is 0 Å². The molecule has 0 aliphatic heterocycles. The molecule has 0 unspecified atom stereocenters. The maximum atomic E-state index is 12.8. The van der Waals surface area contributed by atoms with Gasteiger partial charge in [0.15, 0.2) is 6.61 Å². The highest BCUT2D eigenvalue weighted by Gasteiger charge is 2.16. The first kappa shape index (κ1) is 20.7. The highest BCUT2D eigenvalue weighted by Crippen LogP contribution is 2.19. The number of alkyl halides is 2. The van der Waals surface area contributed by atoms with Crippen molar-refractivity contribution in [3.63, 3.8) is 0 Å². The molecule has 10 heteroatoms. The summed E-state index contributed by atoms with van der Waals surface area (Å²) in [4.78, 5) is 35.3. The first-order chi connectivity index (χ1) is 13.3. The van der Waals surface area contributed by atoms with E-state index in [1.807, 2.05) is 0 Å². The van der Waals surface area contributed by atoms with Crippen LogP contribution in [-0.2, 0) is 14.3 Å². The normalized spacial score (nSPS) is 10.3. The zero-order valence-corrected chi connectivity index (χ0v) is 14.3. The van der Waals surface area contributed by atoms with Crippen molar-refractivity contribution in [1.82, 2.24) is 5.32 Å². The minimum absolute atomic E-state index is 0.190. The molecule has 28 heavy (non-hydrogen) atoms. The molecule has 0 aliphatic rings. The lowest BCUT2D eigenvalue weighted by molar-refractivity contribution is -0.146. The predicted molar refractivity (Wildman–Crippen MR) is 91.4 cm³/mol. The van der Waals surface area contributed by atoms with Crippen molar-refractivity contribution >= 4 is 23.5 Å². The van der Waals surface area contributed by atoms with E-state index in [4.69, 9.17) is 0 Å². The number of amides is 2. The standard InChI is InChI=1S/C18H15F3N2O5/c19-11-5-7-12(8-6-11)23-15(24)10-27-16(25)9-22-17(26)13-3-1-2-4-14(13)28-18(20)21/h1-8,18H,9-10H2,(H,22,26)(H,23,24). The van der Waals surface area contributed by atoms with Crippen LogP contribution in [0.4, 0.5) is 18.9 Å². The molecule has 0 radical (unpaired) electrons. The van der Waals surface area contributed by atoms with E-state index in [0.717, 1.165) is 12.1 Å². The number of carbonyl (C=O) groups is 3. The SMILES string of the molecule is O=C(COC(=O)CNC(=O)c1ccccc1OC(F)F)Nc1ccc(F)cc1. The molecule has 148 valence electrons. The van der Waals surface area contributed by atoms with Gasteiger partial charge in [-0.2, -0.15) is 8.78 Å². The average molecular weight is 396 g/mol. The Balaban J connectivity index is 1.78. The molecule has 0 aromatic heterocycles. The summed E-state index contributed by atoms with van der Waals surface area (Å²) >= 11 is 0. The van der Waals surface area contributed by atoms with Crippen LogP contribution in [0.5, 0.6) is 5.75 Å². The number of para-hydroxylation sites is 1. The number of nitrogens with one attached hydrogen (secondary N) is 2. The molecule has 0 spiro atoms. The van der Waals surface area contributed by atoms with Gasteiger partial charge in [-0.3, -0.25) is 14.4 Å². The van der Waals surface area contributed by atoms with Gasteiger partial charge < -0.3 is 20.1 Å². The summed E-state index contributed by atoms with van der Waals surface area (Å²) in [6, 6.07) is 10.2. The zero-order chi connectivity index (χ0) is 20.5. The minimum Gasteiger partial charge on any atom is -0.454 e. The average Bonchev–Trinajstić information content (AvgIpc) is 2.66. The third-order valence-electron chi connectivity index (χ3n) is 3.23. The van der Waals surface area contributed by atoms with E-state index in [0.29, 0.717) is 5.69 Å². The second-order valence-electron chi connectivity index (χ2n) is 5.27. The number of halogens is 3. The first-order valence-corrected chi connectivity index (χ1v) is 7.88. The zero-order valence-electron chi connectivity index (χ0n) is 14.3. The van der Waals surface area contributed by atoms with Crippen LogP contribution in [0.1, 0.15) is 10.4 Å². The molecule has 2 N–H and O–H groups in total. The molecule has 0 bridgehead atoms. The van der Waals surface area contributed by atoms with Crippen LogP contribution in [-0.4, -0.2) is 37.5 Å². The molecule has 0 saturated carbocycles. The smallest absolute Gasteiger partial charge is 0.387 e. The van der Waals surface area contributed by atoms with Gasteiger partial charge in [0.1, 0.15) is 18.1 Å². The lowest BCUT2D eigenvalue weighted by atomic mass is 10.2. The summed E-state index contributed by atoms with van der Waals surface area (Å²) in [5.41, 5.74) is 0.121. The Kier molecular flexibility index (Phi) is 7.37. The van der Waals surface area contributed by atoms with Crippen LogP contribution in [0.3, 0.4) is 0 Å². The molecule has 2 aromatic rings. The van der Waals surface area contributed by atoms with Crippen LogP contribution in [0.2, 0.25) is 0 Å². The fourth-order valence-corrected chi connectivity index (χ4v) is 2.03. The van der Waals surface area contributed by atoms with Crippen LogP contribution < -0.4 is 15.4 Å². The van der Waals surface area contributed by atoms with Gasteiger partial charge in [0, 0.05) is 5.69 Å². The van der Waals surface area contributed by atoms with Crippen molar-refractivity contribution < 1.29 is 37.0 Å². The second kappa shape index (κ2) is 9.95. The molecular formula is C18H15F3N2O5. The van der Waals surface area contributed by atoms with Crippen molar-refractivity contribution in [3.8, 4) is 5.75 Å². The third kappa shape index (κ3) is 6.63. The molecule has 0 saturated heterocycles. The molecule has 0 atom stereocenters. The molecule has 0 heterocycles. The number of rotatable bonds is 8. The van der Waals surface area contributed by atoms with Crippen molar-refractivity contribution in [2.45, 2.75) is 6.61 Å². The lowest BCUT2D eigenvalue weighted by Crippen LogP contribution is -2.32. The fourth-order valence-electron chi connectivity index (χ4n) is 2.03. The summed E-state index contributed by atoms with van der Waals surface area (Å²) in [5.74, 6) is -3.23. The van der Waals surface area contributed by atoms with Gasteiger partial charge in [-0.25, -0.2) is 4.39 Å². The van der Waals surface area contributed by atoms with Gasteiger partial charge in [0.2, 0.25) is 0 Å². The summed E-state index contributed by atoms with van der Waals surface area (Å²) in [6.45, 7) is -4.33. The van der Waals surface area contributed by atoms with E-state index in [-0.39, 0.29) is 11.3 Å². The van der Waals surface area contributed by atoms with Crippen molar-refractivity contribution in [1.29, 1.82) is 0 Å². The van der Waals surface area contributed by atoms with E-state index in [1.54, 1.807) is 0 Å². The van der Waals surface area contributed by atoms with E-state index < -0.39 is 43.4 Å². The number of carbonyl (C=O) groups excluding carboxylic acids is 3. The van der Waals surface area contributed by atoms with Gasteiger partial charge in [0.25, 0.3) is 11.8 Å². The van der Waals surface area contributed by atoms with Gasteiger partial charge in [-0.15, -0.1) is 0 Å². The maximum absolute atomic E-state index is 12.8. The summed E-state index contributed by atoms with van der Waals surface area (Å²) < 4.78 is 46.4. The Labute approximate surface area is 157 Å². The van der Waals surface area contributed by atoms with Crippen LogP contribution in [0, 0.1) is 5.82 Å². The predicted octanol–water partition coefficient (Wildman–Crippen LogP) is 2.34.